The third-order valence-electron chi connectivity index (χ3n) is 4.38. The molecule has 0 radical (unpaired) electrons. The highest BCUT2D eigenvalue weighted by molar-refractivity contribution is 5.81. The molecule has 3 atom stereocenters. The number of hydrogen-bond donors (Lipinski definition) is 2. The van der Waals surface area contributed by atoms with Crippen LogP contribution in [-0.4, -0.2) is 49.1 Å². The molecule has 2 heterocycles. The first-order valence-corrected chi connectivity index (χ1v) is 7.47. The summed E-state index contributed by atoms with van der Waals surface area (Å²) in [6.45, 7) is 8.27. The van der Waals surface area contributed by atoms with Crippen LogP contribution in [0.3, 0.4) is 0 Å². The standard InChI is InChI=1S/C14H27N3O/c1-3-4-7-16-14(18)11(2)17-9-12-6-5-8-15-13(12)10-17/h11-13,15H,3-10H2,1-2H3,(H,16,18). The Morgan fingerprint density at radius 2 is 2.33 bits per heavy atom. The van der Waals surface area contributed by atoms with E-state index < -0.39 is 0 Å². The van der Waals surface area contributed by atoms with E-state index >= 15 is 0 Å². The summed E-state index contributed by atoms with van der Waals surface area (Å²) in [5.41, 5.74) is 0. The van der Waals surface area contributed by atoms with E-state index in [2.05, 4.69) is 22.5 Å². The highest BCUT2D eigenvalue weighted by Crippen LogP contribution is 2.26. The largest absolute Gasteiger partial charge is 0.355 e. The molecule has 3 unspecified atom stereocenters. The van der Waals surface area contributed by atoms with Gasteiger partial charge in [0.05, 0.1) is 6.04 Å². The van der Waals surface area contributed by atoms with E-state index in [1.165, 1.54) is 12.8 Å². The van der Waals surface area contributed by atoms with Gasteiger partial charge in [-0.25, -0.2) is 0 Å². The maximum atomic E-state index is 12.0. The van der Waals surface area contributed by atoms with Gasteiger partial charge in [0, 0.05) is 25.7 Å². The van der Waals surface area contributed by atoms with Gasteiger partial charge in [0.25, 0.3) is 0 Å². The molecule has 4 heteroatoms. The number of hydrogen-bond acceptors (Lipinski definition) is 3. The molecule has 2 aliphatic heterocycles. The van der Waals surface area contributed by atoms with E-state index in [-0.39, 0.29) is 11.9 Å². The van der Waals surface area contributed by atoms with Crippen molar-refractivity contribution in [3.63, 3.8) is 0 Å². The molecule has 2 rings (SSSR count). The summed E-state index contributed by atoms with van der Waals surface area (Å²) in [4.78, 5) is 14.4. The maximum absolute atomic E-state index is 12.0. The molecule has 18 heavy (non-hydrogen) atoms. The van der Waals surface area contributed by atoms with Crippen LogP contribution >= 0.6 is 0 Å². The van der Waals surface area contributed by atoms with E-state index in [1.54, 1.807) is 0 Å². The minimum absolute atomic E-state index is 0.0225. The van der Waals surface area contributed by atoms with Crippen LogP contribution in [0.5, 0.6) is 0 Å². The molecule has 2 aliphatic rings. The Kier molecular flexibility index (Phi) is 5.01. The molecule has 4 nitrogen and oxygen atoms in total. The number of carbonyl (C=O) groups is 1. The van der Waals surface area contributed by atoms with Crippen molar-refractivity contribution >= 4 is 5.91 Å². The van der Waals surface area contributed by atoms with Gasteiger partial charge < -0.3 is 10.6 Å². The zero-order valence-corrected chi connectivity index (χ0v) is 11.7. The third kappa shape index (κ3) is 3.23. The second-order valence-electron chi connectivity index (χ2n) is 5.74. The van der Waals surface area contributed by atoms with E-state index in [0.29, 0.717) is 6.04 Å². The summed E-state index contributed by atoms with van der Waals surface area (Å²) in [5.74, 6) is 0.951. The lowest BCUT2D eigenvalue weighted by Crippen LogP contribution is -2.45. The number of unbranched alkanes of at least 4 members (excludes halogenated alkanes) is 1. The van der Waals surface area contributed by atoms with Gasteiger partial charge in [-0.15, -0.1) is 0 Å². The van der Waals surface area contributed by atoms with Crippen molar-refractivity contribution in [3.05, 3.63) is 0 Å². The zero-order chi connectivity index (χ0) is 13.0. The number of likely N-dealkylation sites (tertiary alicyclic amines) is 1. The minimum Gasteiger partial charge on any atom is -0.355 e. The quantitative estimate of drug-likeness (QED) is 0.718. The van der Waals surface area contributed by atoms with Crippen LogP contribution in [0.4, 0.5) is 0 Å². The van der Waals surface area contributed by atoms with Crippen molar-refractivity contribution in [2.75, 3.05) is 26.2 Å². The molecule has 104 valence electrons. The van der Waals surface area contributed by atoms with Crippen LogP contribution < -0.4 is 10.6 Å². The van der Waals surface area contributed by atoms with Gasteiger partial charge in [0.15, 0.2) is 0 Å². The Morgan fingerprint density at radius 3 is 3.06 bits per heavy atom. The first-order chi connectivity index (χ1) is 8.72. The molecule has 0 bridgehead atoms. The molecular weight excluding hydrogens is 226 g/mol. The molecule has 0 aromatic carbocycles. The Bertz CT molecular complexity index is 268. The van der Waals surface area contributed by atoms with Crippen LogP contribution in [0.25, 0.3) is 0 Å². The normalized spacial score (nSPS) is 29.9. The zero-order valence-electron chi connectivity index (χ0n) is 11.7. The van der Waals surface area contributed by atoms with Gasteiger partial charge in [0.1, 0.15) is 0 Å². The second-order valence-corrected chi connectivity index (χ2v) is 5.74. The van der Waals surface area contributed by atoms with Gasteiger partial charge in [-0.1, -0.05) is 13.3 Å². The highest BCUT2D eigenvalue weighted by Gasteiger charge is 2.37. The average Bonchev–Trinajstić information content (AvgIpc) is 2.81. The number of rotatable bonds is 5. The van der Waals surface area contributed by atoms with E-state index in [1.807, 2.05) is 6.92 Å². The fourth-order valence-corrected chi connectivity index (χ4v) is 3.10. The number of carbonyl (C=O) groups excluding carboxylic acids is 1. The fourth-order valence-electron chi connectivity index (χ4n) is 3.10. The van der Waals surface area contributed by atoms with E-state index in [0.717, 1.165) is 44.9 Å². The van der Waals surface area contributed by atoms with Gasteiger partial charge in [0.2, 0.25) is 5.91 Å². The fraction of sp³-hybridized carbons (Fsp3) is 0.929. The molecule has 2 fully saturated rings. The van der Waals surface area contributed by atoms with Crippen LogP contribution in [0.1, 0.15) is 39.5 Å². The highest BCUT2D eigenvalue weighted by atomic mass is 16.2. The predicted octanol–water partition coefficient (Wildman–Crippen LogP) is 0.975. The van der Waals surface area contributed by atoms with Crippen molar-refractivity contribution in [1.29, 1.82) is 0 Å². The lowest BCUT2D eigenvalue weighted by molar-refractivity contribution is -0.125. The van der Waals surface area contributed by atoms with Crippen molar-refractivity contribution in [2.24, 2.45) is 5.92 Å². The Labute approximate surface area is 110 Å². The smallest absolute Gasteiger partial charge is 0.237 e. The summed E-state index contributed by atoms with van der Waals surface area (Å²) in [7, 11) is 0. The lowest BCUT2D eigenvalue weighted by atomic mass is 9.94. The molecular formula is C14H27N3O. The summed E-state index contributed by atoms with van der Waals surface area (Å²) in [5, 5.41) is 6.62. The van der Waals surface area contributed by atoms with Gasteiger partial charge in [-0.3, -0.25) is 9.69 Å². The minimum atomic E-state index is 0.0225. The number of amides is 1. The van der Waals surface area contributed by atoms with Crippen molar-refractivity contribution in [3.8, 4) is 0 Å². The number of nitrogens with one attached hydrogen (secondary N) is 2. The number of nitrogens with zero attached hydrogens (tertiary/aromatic N) is 1. The summed E-state index contributed by atoms with van der Waals surface area (Å²) in [6.07, 6.45) is 4.81. The van der Waals surface area contributed by atoms with E-state index in [4.69, 9.17) is 0 Å². The molecule has 1 amide bonds. The van der Waals surface area contributed by atoms with E-state index in [9.17, 15) is 4.79 Å². The van der Waals surface area contributed by atoms with Crippen LogP contribution in [-0.2, 0) is 4.79 Å². The number of piperidine rings is 1. The molecule has 2 saturated heterocycles. The van der Waals surface area contributed by atoms with Crippen LogP contribution in [0.15, 0.2) is 0 Å². The molecule has 0 aromatic rings. The maximum Gasteiger partial charge on any atom is 0.237 e. The average molecular weight is 253 g/mol. The number of fused-ring (bicyclic) bond motifs is 1. The van der Waals surface area contributed by atoms with Gasteiger partial charge in [-0.05, 0) is 38.6 Å². The summed E-state index contributed by atoms with van der Waals surface area (Å²) in [6, 6.07) is 0.638. The Hall–Kier alpha value is -0.610. The topological polar surface area (TPSA) is 44.4 Å². The molecule has 0 saturated carbocycles. The van der Waals surface area contributed by atoms with Crippen molar-refractivity contribution < 1.29 is 4.79 Å². The lowest BCUT2D eigenvalue weighted by Gasteiger charge is -2.25. The van der Waals surface area contributed by atoms with Gasteiger partial charge >= 0.3 is 0 Å². The molecule has 0 aromatic heterocycles. The van der Waals surface area contributed by atoms with Crippen molar-refractivity contribution in [2.45, 2.75) is 51.6 Å². The van der Waals surface area contributed by atoms with Crippen LogP contribution in [0, 0.1) is 5.92 Å². The summed E-state index contributed by atoms with van der Waals surface area (Å²) < 4.78 is 0. The van der Waals surface area contributed by atoms with Crippen LogP contribution in [0.2, 0.25) is 0 Å². The second kappa shape index (κ2) is 6.53. The SMILES string of the molecule is CCCCNC(=O)C(C)N1CC2CCCNC2C1. The van der Waals surface area contributed by atoms with Gasteiger partial charge in [-0.2, -0.15) is 0 Å². The Balaban J connectivity index is 1.78. The first-order valence-electron chi connectivity index (χ1n) is 7.47. The molecule has 0 spiro atoms. The monoisotopic (exact) mass is 253 g/mol. The predicted molar refractivity (Wildman–Crippen MR) is 73.5 cm³/mol. The summed E-state index contributed by atoms with van der Waals surface area (Å²) >= 11 is 0. The molecule has 0 aliphatic carbocycles. The first kappa shape index (κ1) is 13.8. The molecule has 2 N–H and O–H groups in total. The third-order valence-corrected chi connectivity index (χ3v) is 4.38. The van der Waals surface area contributed by atoms with Crippen molar-refractivity contribution in [1.82, 2.24) is 15.5 Å². The Morgan fingerprint density at radius 1 is 1.50 bits per heavy atom.